The number of aliphatic carboxylic acids is 2. The Hall–Kier alpha value is -2.96. The number of oxime groups is 1. The summed E-state index contributed by atoms with van der Waals surface area (Å²) in [6.45, 7) is 4.42. The molecule has 3 fully saturated rings. The van der Waals surface area contributed by atoms with Gasteiger partial charge in [0.1, 0.15) is 22.8 Å². The van der Waals surface area contributed by atoms with Gasteiger partial charge in [-0.1, -0.05) is 16.8 Å². The van der Waals surface area contributed by atoms with Crippen LogP contribution in [0, 0.1) is 0 Å². The number of fused-ring (bicyclic) bond motifs is 1. The first kappa shape index (κ1) is 33.9. The van der Waals surface area contributed by atoms with Gasteiger partial charge in [-0.3, -0.25) is 19.3 Å². The molecule has 3 amide bonds. The van der Waals surface area contributed by atoms with E-state index in [-0.39, 0.29) is 69.5 Å². The molecule has 230 valence electrons. The van der Waals surface area contributed by atoms with Crippen LogP contribution in [-0.2, 0) is 28.8 Å². The number of nitrogens with two attached hydrogens (primary N) is 1. The molecule has 18 heteroatoms. The number of amides is 3. The number of aromatic nitrogens is 1. The van der Waals surface area contributed by atoms with Crippen molar-refractivity contribution in [2.24, 2.45) is 5.16 Å². The summed E-state index contributed by atoms with van der Waals surface area (Å²) in [5.41, 5.74) is 4.71. The van der Waals surface area contributed by atoms with Crippen LogP contribution in [0.15, 0.2) is 33.5 Å². The van der Waals surface area contributed by atoms with E-state index in [0.29, 0.717) is 18.5 Å². The van der Waals surface area contributed by atoms with Gasteiger partial charge in [-0.2, -0.15) is 0 Å². The summed E-state index contributed by atoms with van der Waals surface area (Å²) in [5, 5.41) is 29.7. The smallest absolute Gasteiger partial charge is 0.478 e. The number of hydrogen-bond donors (Lipinski definition) is 5. The first-order valence-electron chi connectivity index (χ1n) is 13.5. The van der Waals surface area contributed by atoms with Gasteiger partial charge in [-0.15, -0.1) is 23.1 Å². The molecule has 4 aliphatic rings. The van der Waals surface area contributed by atoms with Gasteiger partial charge in [-0.25, -0.2) is 14.6 Å². The molecule has 3 saturated heterocycles. The SMILES string of the molecule is CC(C)(O/N=C(\C(=O)N[C@@H]1C(=O)N2C(C(=O)O)=C(/C=C3\CNC(C(=O)N4CCCC4)C3)CS[C@H]12)c1csc(N)n1)C(=O)O.[Na+]. The number of nitrogen functional groups attached to an aromatic ring is 1. The van der Waals surface area contributed by atoms with Gasteiger partial charge in [-0.05, 0) is 38.7 Å². The average Bonchev–Trinajstić information content (AvgIpc) is 3.74. The number of rotatable bonds is 9. The Morgan fingerprint density at radius 3 is 2.57 bits per heavy atom. The third-order valence-electron chi connectivity index (χ3n) is 7.48. The summed E-state index contributed by atoms with van der Waals surface area (Å²) in [5.74, 6) is -3.80. The Bertz CT molecular complexity index is 1470. The Morgan fingerprint density at radius 1 is 1.25 bits per heavy atom. The summed E-state index contributed by atoms with van der Waals surface area (Å²) < 4.78 is 0. The molecule has 4 aliphatic heterocycles. The molecule has 1 aromatic heterocycles. The number of carboxylic acid groups (broad SMARTS) is 2. The van der Waals surface area contributed by atoms with E-state index in [2.05, 4.69) is 20.8 Å². The quantitative estimate of drug-likeness (QED) is 0.0776. The first-order chi connectivity index (χ1) is 20.4. The topological polar surface area (TPSA) is 217 Å². The number of β-lactam (4-membered cyclic amide) rings is 1. The second-order valence-electron chi connectivity index (χ2n) is 10.9. The molecule has 6 N–H and O–H groups in total. The van der Waals surface area contributed by atoms with Crippen LogP contribution in [0.4, 0.5) is 5.13 Å². The molecular formula is C26H31N7NaO8S2+. The molecule has 1 aromatic rings. The number of carbonyl (C=O) groups is 5. The van der Waals surface area contributed by atoms with Crippen LogP contribution in [0.1, 0.15) is 38.8 Å². The Kier molecular flexibility index (Phi) is 10.5. The summed E-state index contributed by atoms with van der Waals surface area (Å²) in [4.78, 5) is 75.1. The predicted octanol–water partition coefficient (Wildman–Crippen LogP) is -3.04. The van der Waals surface area contributed by atoms with Gasteiger partial charge in [0, 0.05) is 30.8 Å². The van der Waals surface area contributed by atoms with E-state index in [1.54, 1.807) is 6.08 Å². The number of nitrogens with one attached hydrogen (secondary N) is 2. The van der Waals surface area contributed by atoms with Crippen molar-refractivity contribution < 1.29 is 68.6 Å². The van der Waals surface area contributed by atoms with E-state index in [1.807, 2.05) is 4.90 Å². The maximum Gasteiger partial charge on any atom is 1.00 e. The fraction of sp³-hybridized carbons (Fsp3) is 0.500. The number of hydrogen-bond acceptors (Lipinski definition) is 12. The van der Waals surface area contributed by atoms with Gasteiger partial charge in [0.25, 0.3) is 11.8 Å². The van der Waals surface area contributed by atoms with Crippen LogP contribution in [0.2, 0.25) is 0 Å². The van der Waals surface area contributed by atoms with E-state index >= 15 is 0 Å². The standard InChI is InChI=1S/C26H31N7O8S2.Na/c1-26(2,24(39)40)41-31-16(15-11-43-25(27)29-15)19(34)30-17-21(36)33-18(23(37)38)13(10-42-22(17)33)7-12-8-14(28-9-12)20(35)32-5-3-4-6-32;/h7,11,14,17,22,28H,3-6,8-10H2,1-2H3,(H2,27,29)(H,30,34)(H,37,38)(H,39,40);/q;+1/b12-7-,31-16-;/t14?,17-,22-;/m1./s1. The van der Waals surface area contributed by atoms with Crippen LogP contribution < -0.4 is 45.9 Å². The number of anilines is 1. The van der Waals surface area contributed by atoms with Crippen molar-refractivity contribution in [1.29, 1.82) is 0 Å². The summed E-state index contributed by atoms with van der Waals surface area (Å²) >= 11 is 2.31. The number of likely N-dealkylation sites (tertiary alicyclic amines) is 1. The van der Waals surface area contributed by atoms with Gasteiger partial charge in [0.05, 0.1) is 6.04 Å². The fourth-order valence-electron chi connectivity index (χ4n) is 5.11. The van der Waals surface area contributed by atoms with Gasteiger partial charge >= 0.3 is 41.5 Å². The molecule has 5 heterocycles. The summed E-state index contributed by atoms with van der Waals surface area (Å²) in [7, 11) is 0. The van der Waals surface area contributed by atoms with Crippen molar-refractivity contribution in [2.45, 2.75) is 56.2 Å². The zero-order chi connectivity index (χ0) is 31.1. The molecule has 0 spiro atoms. The van der Waals surface area contributed by atoms with E-state index < -0.39 is 40.8 Å². The third kappa shape index (κ3) is 6.82. The number of carbonyl (C=O) groups excluding carboxylic acids is 3. The Balaban J connectivity index is 0.00000442. The zero-order valence-electron chi connectivity index (χ0n) is 24.4. The molecule has 15 nitrogen and oxygen atoms in total. The largest absolute Gasteiger partial charge is 1.00 e. The molecule has 0 bridgehead atoms. The number of thiazole rings is 1. The minimum Gasteiger partial charge on any atom is -0.478 e. The monoisotopic (exact) mass is 656 g/mol. The number of nitrogens with zero attached hydrogens (tertiary/aromatic N) is 4. The number of allylic oxidation sites excluding steroid dienone is 1. The molecule has 44 heavy (non-hydrogen) atoms. The van der Waals surface area contributed by atoms with E-state index in [0.717, 1.165) is 47.7 Å². The molecule has 0 aliphatic carbocycles. The van der Waals surface area contributed by atoms with E-state index in [9.17, 15) is 34.2 Å². The van der Waals surface area contributed by atoms with Crippen molar-refractivity contribution in [1.82, 2.24) is 25.4 Å². The van der Waals surface area contributed by atoms with Crippen LogP contribution in [0.3, 0.4) is 0 Å². The van der Waals surface area contributed by atoms with Crippen molar-refractivity contribution in [3.8, 4) is 0 Å². The summed E-state index contributed by atoms with van der Waals surface area (Å²) in [6.07, 6.45) is 4.18. The second kappa shape index (κ2) is 13.6. The molecule has 3 atom stereocenters. The van der Waals surface area contributed by atoms with Crippen molar-refractivity contribution in [3.63, 3.8) is 0 Å². The van der Waals surface area contributed by atoms with Gasteiger partial charge in [0.2, 0.25) is 11.5 Å². The molecule has 1 unspecified atom stereocenters. The first-order valence-corrected chi connectivity index (χ1v) is 15.4. The molecule has 0 radical (unpaired) electrons. The van der Waals surface area contributed by atoms with Crippen LogP contribution >= 0.6 is 23.1 Å². The van der Waals surface area contributed by atoms with Crippen molar-refractivity contribution in [3.05, 3.63) is 34.0 Å². The Labute approximate surface area is 282 Å². The van der Waals surface area contributed by atoms with Crippen LogP contribution in [0.25, 0.3) is 0 Å². The molecule has 0 aromatic carbocycles. The van der Waals surface area contributed by atoms with Crippen LogP contribution in [0.5, 0.6) is 0 Å². The molecule has 0 saturated carbocycles. The second-order valence-corrected chi connectivity index (χ2v) is 12.9. The number of thioether (sulfide) groups is 1. The minimum absolute atomic E-state index is 0. The van der Waals surface area contributed by atoms with Crippen molar-refractivity contribution >= 4 is 63.6 Å². The van der Waals surface area contributed by atoms with Crippen molar-refractivity contribution in [2.75, 3.05) is 31.1 Å². The minimum atomic E-state index is -1.77. The maximum atomic E-state index is 13.3. The van der Waals surface area contributed by atoms with Gasteiger partial charge < -0.3 is 36.3 Å². The summed E-state index contributed by atoms with van der Waals surface area (Å²) in [6, 6.07) is -1.44. The van der Waals surface area contributed by atoms with Crippen LogP contribution in [-0.4, -0.2) is 109 Å². The zero-order valence-corrected chi connectivity index (χ0v) is 28.0. The molecular weight excluding hydrogens is 625 g/mol. The Morgan fingerprint density at radius 2 is 1.95 bits per heavy atom. The van der Waals surface area contributed by atoms with E-state index in [4.69, 9.17) is 10.6 Å². The fourth-order valence-corrected chi connectivity index (χ4v) is 6.97. The maximum absolute atomic E-state index is 13.3. The third-order valence-corrected chi connectivity index (χ3v) is 9.46. The van der Waals surface area contributed by atoms with Gasteiger partial charge in [0.15, 0.2) is 10.8 Å². The molecule has 5 rings (SSSR count). The number of carboxylic acids is 2. The normalized spacial score (nSPS) is 24.5. The predicted molar refractivity (Wildman–Crippen MR) is 156 cm³/mol. The van der Waals surface area contributed by atoms with E-state index in [1.165, 1.54) is 31.0 Å². The average molecular weight is 657 g/mol.